The number of nitrogens with two attached hydrogens (primary N) is 1. The van der Waals surface area contributed by atoms with Crippen LogP contribution in [0.3, 0.4) is 0 Å². The van der Waals surface area contributed by atoms with Gasteiger partial charge in [-0.15, -0.1) is 0 Å². The van der Waals surface area contributed by atoms with Crippen molar-refractivity contribution in [1.82, 2.24) is 9.97 Å². The summed E-state index contributed by atoms with van der Waals surface area (Å²) in [7, 11) is 0. The zero-order valence-electron chi connectivity index (χ0n) is 11.8. The first-order valence-electron chi connectivity index (χ1n) is 7.09. The van der Waals surface area contributed by atoms with Gasteiger partial charge >= 0.3 is 0 Å². The average molecular weight is 264 g/mol. The largest absolute Gasteiger partial charge is 0.396 e. The molecule has 0 radical (unpaired) electrons. The van der Waals surface area contributed by atoms with E-state index in [2.05, 4.69) is 29.1 Å². The highest BCUT2D eigenvalue weighted by Crippen LogP contribution is 2.31. The lowest BCUT2D eigenvalue weighted by Crippen LogP contribution is -2.21. The van der Waals surface area contributed by atoms with E-state index in [9.17, 15) is 5.11 Å². The van der Waals surface area contributed by atoms with Crippen molar-refractivity contribution in [2.24, 2.45) is 11.8 Å². The monoisotopic (exact) mass is 264 g/mol. The maximum Gasteiger partial charge on any atom is 0.135 e. The molecule has 0 amide bonds. The molecule has 4 N–H and O–H groups in total. The fourth-order valence-corrected chi connectivity index (χ4v) is 2.69. The van der Waals surface area contributed by atoms with Crippen molar-refractivity contribution in [3.05, 3.63) is 11.9 Å². The summed E-state index contributed by atoms with van der Waals surface area (Å²) in [5.74, 6) is 3.29. The van der Waals surface area contributed by atoms with Gasteiger partial charge in [-0.2, -0.15) is 0 Å². The molecule has 2 rings (SSSR count). The Labute approximate surface area is 114 Å². The Hall–Kier alpha value is -1.36. The smallest absolute Gasteiger partial charge is 0.135 e. The van der Waals surface area contributed by atoms with Gasteiger partial charge < -0.3 is 16.2 Å². The number of hydrogen-bond acceptors (Lipinski definition) is 5. The van der Waals surface area contributed by atoms with Crippen LogP contribution in [-0.2, 0) is 0 Å². The van der Waals surface area contributed by atoms with Crippen LogP contribution in [0.25, 0.3) is 0 Å². The van der Waals surface area contributed by atoms with Gasteiger partial charge in [0.2, 0.25) is 0 Å². The van der Waals surface area contributed by atoms with Crippen LogP contribution >= 0.6 is 0 Å². The summed E-state index contributed by atoms with van der Waals surface area (Å²) in [6, 6.07) is 1.77. The first-order valence-corrected chi connectivity index (χ1v) is 7.09. The van der Waals surface area contributed by atoms with Crippen molar-refractivity contribution in [2.75, 3.05) is 24.2 Å². The quantitative estimate of drug-likeness (QED) is 0.757. The number of hydrogen-bond donors (Lipinski definition) is 3. The zero-order chi connectivity index (χ0) is 13.8. The number of anilines is 2. The standard InChI is InChI=1S/C14H24N4O/c1-9(2)14-17-12(15)6-13(18-14)16-7-10-4-3-5-11(10)8-19/h6,9-11,19H,3-5,7-8H2,1-2H3,(H3,15,16,17,18). The molecule has 1 heterocycles. The minimum Gasteiger partial charge on any atom is -0.396 e. The predicted octanol–water partition coefficient (Wildman–Crippen LogP) is 2.00. The normalized spacial score (nSPS) is 22.9. The minimum atomic E-state index is 0.265. The molecule has 1 aliphatic carbocycles. The lowest BCUT2D eigenvalue weighted by molar-refractivity contribution is 0.199. The van der Waals surface area contributed by atoms with Crippen molar-refractivity contribution in [3.63, 3.8) is 0 Å². The molecular weight excluding hydrogens is 240 g/mol. The van der Waals surface area contributed by atoms with Gasteiger partial charge in [0.15, 0.2) is 0 Å². The van der Waals surface area contributed by atoms with Gasteiger partial charge in [0.05, 0.1) is 0 Å². The van der Waals surface area contributed by atoms with E-state index in [4.69, 9.17) is 5.73 Å². The Morgan fingerprint density at radius 2 is 2.11 bits per heavy atom. The summed E-state index contributed by atoms with van der Waals surface area (Å²) in [5, 5.41) is 12.7. The van der Waals surface area contributed by atoms with Crippen molar-refractivity contribution >= 4 is 11.6 Å². The molecular formula is C14H24N4O. The topological polar surface area (TPSA) is 84.1 Å². The molecule has 1 saturated carbocycles. The second-order valence-electron chi connectivity index (χ2n) is 5.71. The second-order valence-corrected chi connectivity index (χ2v) is 5.71. The highest BCUT2D eigenvalue weighted by Gasteiger charge is 2.26. The lowest BCUT2D eigenvalue weighted by atomic mass is 9.97. The number of rotatable bonds is 5. The molecule has 0 spiro atoms. The highest BCUT2D eigenvalue weighted by atomic mass is 16.3. The van der Waals surface area contributed by atoms with E-state index in [0.717, 1.165) is 24.6 Å². The minimum absolute atomic E-state index is 0.265. The van der Waals surface area contributed by atoms with Crippen molar-refractivity contribution in [1.29, 1.82) is 0 Å². The molecule has 0 aromatic carbocycles. The summed E-state index contributed by atoms with van der Waals surface area (Å²) in [6.45, 7) is 5.24. The number of aliphatic hydroxyl groups is 1. The zero-order valence-corrected chi connectivity index (χ0v) is 11.8. The molecule has 5 nitrogen and oxygen atoms in total. The third-order valence-corrected chi connectivity index (χ3v) is 3.88. The van der Waals surface area contributed by atoms with E-state index in [-0.39, 0.29) is 12.5 Å². The van der Waals surface area contributed by atoms with Crippen LogP contribution in [0.5, 0.6) is 0 Å². The SMILES string of the molecule is CC(C)c1nc(N)cc(NCC2CCCC2CO)n1. The lowest BCUT2D eigenvalue weighted by Gasteiger charge is -2.18. The maximum atomic E-state index is 9.32. The van der Waals surface area contributed by atoms with E-state index in [1.54, 1.807) is 6.07 Å². The van der Waals surface area contributed by atoms with E-state index < -0.39 is 0 Å². The van der Waals surface area contributed by atoms with Gasteiger partial charge in [0, 0.05) is 25.1 Å². The molecule has 2 unspecified atom stereocenters. The maximum absolute atomic E-state index is 9.32. The molecule has 0 aliphatic heterocycles. The van der Waals surface area contributed by atoms with Crippen molar-refractivity contribution in [3.8, 4) is 0 Å². The predicted molar refractivity (Wildman–Crippen MR) is 76.9 cm³/mol. The average Bonchev–Trinajstić information content (AvgIpc) is 2.83. The number of nitrogen functional groups attached to an aromatic ring is 1. The first-order chi connectivity index (χ1) is 9.10. The Bertz CT molecular complexity index is 422. The van der Waals surface area contributed by atoms with Crippen LogP contribution in [0.15, 0.2) is 6.07 Å². The second kappa shape index (κ2) is 6.19. The molecule has 0 bridgehead atoms. The van der Waals surface area contributed by atoms with Crippen LogP contribution in [0.4, 0.5) is 11.6 Å². The first kappa shape index (κ1) is 14.1. The Morgan fingerprint density at radius 1 is 1.37 bits per heavy atom. The fraction of sp³-hybridized carbons (Fsp3) is 0.714. The molecule has 1 aromatic rings. The van der Waals surface area contributed by atoms with Crippen LogP contribution in [-0.4, -0.2) is 28.2 Å². The molecule has 19 heavy (non-hydrogen) atoms. The summed E-state index contributed by atoms with van der Waals surface area (Å²) in [6.07, 6.45) is 3.52. The number of nitrogens with one attached hydrogen (secondary N) is 1. The van der Waals surface area contributed by atoms with Gasteiger partial charge in [0.25, 0.3) is 0 Å². The molecule has 0 saturated heterocycles. The molecule has 2 atom stereocenters. The Kier molecular flexibility index (Phi) is 4.58. The summed E-state index contributed by atoms with van der Waals surface area (Å²) >= 11 is 0. The van der Waals surface area contributed by atoms with Crippen molar-refractivity contribution < 1.29 is 5.11 Å². The summed E-state index contributed by atoms with van der Waals surface area (Å²) in [5.41, 5.74) is 5.80. The summed E-state index contributed by atoms with van der Waals surface area (Å²) in [4.78, 5) is 8.71. The van der Waals surface area contributed by atoms with Gasteiger partial charge in [0.1, 0.15) is 17.5 Å². The summed E-state index contributed by atoms with van der Waals surface area (Å²) < 4.78 is 0. The molecule has 1 aromatic heterocycles. The van der Waals surface area contributed by atoms with E-state index in [1.807, 2.05) is 0 Å². The number of nitrogens with zero attached hydrogens (tertiary/aromatic N) is 2. The van der Waals surface area contributed by atoms with E-state index in [1.165, 1.54) is 12.8 Å². The van der Waals surface area contributed by atoms with E-state index >= 15 is 0 Å². The Balaban J connectivity index is 1.99. The van der Waals surface area contributed by atoms with Crippen molar-refractivity contribution in [2.45, 2.75) is 39.0 Å². The third-order valence-electron chi connectivity index (χ3n) is 3.88. The highest BCUT2D eigenvalue weighted by molar-refractivity contribution is 5.45. The molecule has 1 aliphatic rings. The Morgan fingerprint density at radius 3 is 2.79 bits per heavy atom. The van der Waals surface area contributed by atoms with Crippen LogP contribution in [0, 0.1) is 11.8 Å². The van der Waals surface area contributed by atoms with Gasteiger partial charge in [-0.25, -0.2) is 9.97 Å². The van der Waals surface area contributed by atoms with Crippen LogP contribution < -0.4 is 11.1 Å². The molecule has 1 fully saturated rings. The van der Waals surface area contributed by atoms with Gasteiger partial charge in [-0.3, -0.25) is 0 Å². The fourth-order valence-electron chi connectivity index (χ4n) is 2.69. The van der Waals surface area contributed by atoms with Gasteiger partial charge in [-0.05, 0) is 24.7 Å². The van der Waals surface area contributed by atoms with Crippen LogP contribution in [0.1, 0.15) is 44.9 Å². The number of aliphatic hydroxyl groups excluding tert-OH is 1. The molecule has 106 valence electrons. The van der Waals surface area contributed by atoms with Gasteiger partial charge in [-0.1, -0.05) is 20.3 Å². The number of aromatic nitrogens is 2. The van der Waals surface area contributed by atoms with E-state index in [0.29, 0.717) is 17.7 Å². The third kappa shape index (κ3) is 3.56. The van der Waals surface area contributed by atoms with Crippen LogP contribution in [0.2, 0.25) is 0 Å². The molecule has 5 heteroatoms.